The second-order valence-electron chi connectivity index (χ2n) is 13.3. The number of rotatable bonds is 31. The van der Waals surface area contributed by atoms with Gasteiger partial charge in [0.25, 0.3) is 5.24 Å². The number of hydrogen-bond acceptors (Lipinski definition) is 7. The highest BCUT2D eigenvalue weighted by Gasteiger charge is 2.15. The third-order valence-corrected chi connectivity index (χ3v) is 9.28. The van der Waals surface area contributed by atoms with Crippen LogP contribution >= 0.6 is 11.8 Å². The Labute approximate surface area is 304 Å². The number of ether oxygens (including phenoxy) is 2. The second-order valence-corrected chi connectivity index (χ2v) is 14.4. The summed E-state index contributed by atoms with van der Waals surface area (Å²) in [7, 11) is 4.05. The molecule has 49 heavy (non-hydrogen) atoms. The fourth-order valence-corrected chi connectivity index (χ4v) is 6.32. The normalized spacial score (nSPS) is 12.4. The largest absolute Gasteiger partial charge is 0.461 e. The highest BCUT2D eigenvalue weighted by molar-refractivity contribution is 8.13. The van der Waals surface area contributed by atoms with Crippen molar-refractivity contribution in [2.75, 3.05) is 46.2 Å². The lowest BCUT2D eigenvalue weighted by atomic mass is 10.1. The third kappa shape index (κ3) is 27.3. The summed E-state index contributed by atoms with van der Waals surface area (Å²) in [6.45, 7) is 7.38. The number of esters is 1. The Bertz CT molecular complexity index is 1020. The van der Waals surface area contributed by atoms with Gasteiger partial charge >= 0.3 is 5.97 Å². The first-order valence-electron chi connectivity index (χ1n) is 19.2. The van der Waals surface area contributed by atoms with Gasteiger partial charge in [-0.05, 0) is 70.2 Å². The molecular weight excluding hydrogens is 633 g/mol. The van der Waals surface area contributed by atoms with Gasteiger partial charge in [-0.15, -0.1) is 0 Å². The predicted molar refractivity (Wildman–Crippen MR) is 208 cm³/mol. The summed E-state index contributed by atoms with van der Waals surface area (Å²) in [6, 6.07) is 8.34. The number of aliphatic hydroxyl groups is 1. The van der Waals surface area contributed by atoms with Gasteiger partial charge in [0.1, 0.15) is 6.61 Å². The molecule has 8 heteroatoms. The van der Waals surface area contributed by atoms with Crippen molar-refractivity contribution in [2.24, 2.45) is 0 Å². The summed E-state index contributed by atoms with van der Waals surface area (Å²) in [5.41, 5.74) is 2.24. The zero-order valence-electron chi connectivity index (χ0n) is 31.5. The molecule has 0 bridgehead atoms. The lowest BCUT2D eigenvalue weighted by Crippen LogP contribution is -2.29. The van der Waals surface area contributed by atoms with Crippen LogP contribution < -0.4 is 0 Å². The van der Waals surface area contributed by atoms with Crippen LogP contribution in [-0.2, 0) is 27.2 Å². The molecule has 0 aliphatic carbocycles. The third-order valence-electron chi connectivity index (χ3n) is 8.38. The maximum absolute atomic E-state index is 13.2. The first kappa shape index (κ1) is 44.9. The number of aliphatic hydroxyl groups excluding tert-OH is 1. The van der Waals surface area contributed by atoms with E-state index in [1.807, 2.05) is 37.2 Å². The molecule has 7 nitrogen and oxygen atoms in total. The fourth-order valence-electron chi connectivity index (χ4n) is 5.35. The standard InChI is InChI=1S/C41H70N2O5S/c1-5-7-9-11-13-18-22-32-47-39(44)27-20-16-15-17-21-30-43(41(46)49-34-31-42(3)4)36-38-26-24-25-37(35-38)28-29-40(45)48-33-23-19-14-12-10-8-6-2/h18-19,22-26,35,40,45H,5-17,20-21,27-34,36H2,1-4H3/b22-18-,23-19-. The highest BCUT2D eigenvalue weighted by Crippen LogP contribution is 2.18. The van der Waals surface area contributed by atoms with Gasteiger partial charge in [-0.25, -0.2) is 0 Å². The van der Waals surface area contributed by atoms with Gasteiger partial charge in [0.15, 0.2) is 6.29 Å². The van der Waals surface area contributed by atoms with Crippen LogP contribution in [0.2, 0.25) is 0 Å². The Hall–Kier alpha value is -2.13. The van der Waals surface area contributed by atoms with Crippen molar-refractivity contribution in [2.45, 2.75) is 142 Å². The minimum absolute atomic E-state index is 0.118. The van der Waals surface area contributed by atoms with E-state index < -0.39 is 6.29 Å². The van der Waals surface area contributed by atoms with Crippen molar-refractivity contribution in [1.82, 2.24) is 9.80 Å². The molecule has 0 radical (unpaired) electrons. The molecule has 1 aromatic rings. The van der Waals surface area contributed by atoms with Crippen molar-refractivity contribution in [3.8, 4) is 0 Å². The maximum Gasteiger partial charge on any atom is 0.306 e. The van der Waals surface area contributed by atoms with Crippen LogP contribution in [0.3, 0.4) is 0 Å². The molecule has 0 aliphatic rings. The van der Waals surface area contributed by atoms with Crippen LogP contribution in [0, 0.1) is 0 Å². The summed E-state index contributed by atoms with van der Waals surface area (Å²) in [5.74, 6) is 0.645. The first-order chi connectivity index (χ1) is 23.8. The van der Waals surface area contributed by atoms with Gasteiger partial charge in [0, 0.05) is 38.2 Å². The minimum atomic E-state index is -0.794. The van der Waals surface area contributed by atoms with Gasteiger partial charge in [-0.3, -0.25) is 9.59 Å². The smallest absolute Gasteiger partial charge is 0.306 e. The average Bonchev–Trinajstić information content (AvgIpc) is 3.08. The molecule has 1 atom stereocenters. The predicted octanol–water partition coefficient (Wildman–Crippen LogP) is 10.1. The number of thioether (sulfide) groups is 1. The van der Waals surface area contributed by atoms with Crippen molar-refractivity contribution >= 4 is 23.0 Å². The Balaban J connectivity index is 2.43. The molecule has 1 rings (SSSR count). The van der Waals surface area contributed by atoms with E-state index in [-0.39, 0.29) is 11.2 Å². The van der Waals surface area contributed by atoms with E-state index in [9.17, 15) is 14.7 Å². The van der Waals surface area contributed by atoms with Crippen LogP contribution in [-0.4, -0.2) is 78.6 Å². The van der Waals surface area contributed by atoms with Gasteiger partial charge in [-0.2, -0.15) is 0 Å². The Morgan fingerprint density at radius 1 is 0.796 bits per heavy atom. The van der Waals surface area contributed by atoms with Gasteiger partial charge in [0.05, 0.1) is 6.61 Å². The van der Waals surface area contributed by atoms with Crippen molar-refractivity contribution in [3.63, 3.8) is 0 Å². The number of amides is 1. The number of carbonyl (C=O) groups is 2. The highest BCUT2D eigenvalue weighted by atomic mass is 32.2. The van der Waals surface area contributed by atoms with Crippen LogP contribution in [0.4, 0.5) is 4.79 Å². The summed E-state index contributed by atoms with van der Waals surface area (Å²) < 4.78 is 10.9. The molecule has 280 valence electrons. The van der Waals surface area contributed by atoms with E-state index in [1.165, 1.54) is 63.1 Å². The van der Waals surface area contributed by atoms with Crippen molar-refractivity contribution in [3.05, 3.63) is 59.7 Å². The van der Waals surface area contributed by atoms with Crippen LogP contribution in [0.25, 0.3) is 0 Å². The average molecular weight is 703 g/mol. The lowest BCUT2D eigenvalue weighted by Gasteiger charge is -2.23. The van der Waals surface area contributed by atoms with E-state index in [2.05, 4.69) is 49.1 Å². The van der Waals surface area contributed by atoms with Gasteiger partial charge in [0.2, 0.25) is 0 Å². The number of aryl methyl sites for hydroxylation is 1. The van der Waals surface area contributed by atoms with Crippen LogP contribution in [0.15, 0.2) is 48.6 Å². The van der Waals surface area contributed by atoms with E-state index in [0.29, 0.717) is 45.6 Å². The van der Waals surface area contributed by atoms with Crippen LogP contribution in [0.1, 0.15) is 134 Å². The summed E-state index contributed by atoms with van der Waals surface area (Å²) in [6.07, 6.45) is 26.1. The topological polar surface area (TPSA) is 79.3 Å². The molecule has 0 aromatic heterocycles. The molecule has 0 fully saturated rings. The Morgan fingerprint density at radius 3 is 2.12 bits per heavy atom. The van der Waals surface area contributed by atoms with Gasteiger partial charge in [-0.1, -0.05) is 132 Å². The molecule has 0 spiro atoms. The molecule has 1 aromatic carbocycles. The summed E-state index contributed by atoms with van der Waals surface area (Å²) in [4.78, 5) is 29.3. The number of benzene rings is 1. The molecular formula is C41H70N2O5S. The van der Waals surface area contributed by atoms with E-state index in [1.54, 1.807) is 0 Å². The molecule has 1 amide bonds. The molecule has 1 unspecified atom stereocenters. The Kier molecular flexibility index (Phi) is 29.2. The maximum atomic E-state index is 13.2. The zero-order chi connectivity index (χ0) is 35.8. The molecule has 0 saturated heterocycles. The summed E-state index contributed by atoms with van der Waals surface area (Å²) in [5, 5.41) is 10.5. The zero-order valence-corrected chi connectivity index (χ0v) is 32.4. The van der Waals surface area contributed by atoms with Gasteiger partial charge < -0.3 is 24.4 Å². The molecule has 1 N–H and O–H groups in total. The first-order valence-corrected chi connectivity index (χ1v) is 20.2. The lowest BCUT2D eigenvalue weighted by molar-refractivity contribution is -0.142. The summed E-state index contributed by atoms with van der Waals surface area (Å²) >= 11 is 1.39. The number of nitrogens with zero attached hydrogens (tertiary/aromatic N) is 2. The number of allylic oxidation sites excluding steroid dienone is 2. The monoisotopic (exact) mass is 703 g/mol. The molecule has 0 heterocycles. The van der Waals surface area contributed by atoms with Crippen molar-refractivity contribution in [1.29, 1.82) is 0 Å². The van der Waals surface area contributed by atoms with Crippen molar-refractivity contribution < 1.29 is 24.2 Å². The fraction of sp³-hybridized carbons (Fsp3) is 0.707. The number of unbranched alkanes of at least 4 members (excludes halogenated alkanes) is 12. The number of hydrogen-bond donors (Lipinski definition) is 1. The quantitative estimate of drug-likeness (QED) is 0.0357. The second kappa shape index (κ2) is 31.8. The van der Waals surface area contributed by atoms with Crippen LogP contribution in [0.5, 0.6) is 0 Å². The molecule has 0 aliphatic heterocycles. The molecule has 0 saturated carbocycles. The minimum Gasteiger partial charge on any atom is -0.461 e. The van der Waals surface area contributed by atoms with E-state index in [0.717, 1.165) is 68.4 Å². The van der Waals surface area contributed by atoms with E-state index in [4.69, 9.17) is 9.47 Å². The van der Waals surface area contributed by atoms with E-state index >= 15 is 0 Å². The SMILES string of the molecule is CCCCCC/C=C\COC(=O)CCCCCCCN(Cc1cccc(CCC(O)OC/C=C\CCCCCC)c1)C(=O)SCCN(C)C. The number of carbonyl (C=O) groups excluding carboxylic acids is 2. The Morgan fingerprint density at radius 2 is 1.43 bits per heavy atom.